The summed E-state index contributed by atoms with van der Waals surface area (Å²) in [5.74, 6) is 0. The van der Waals surface area contributed by atoms with E-state index < -0.39 is 0 Å². The molecule has 0 aromatic carbocycles. The minimum Gasteiger partial charge on any atom is -0.364 e. The second-order valence-electron chi connectivity index (χ2n) is 3.75. The van der Waals surface area contributed by atoms with Crippen molar-refractivity contribution >= 4 is 0 Å². The van der Waals surface area contributed by atoms with Crippen LogP contribution in [-0.2, 0) is 6.54 Å². The van der Waals surface area contributed by atoms with Crippen molar-refractivity contribution in [1.29, 1.82) is 0 Å². The van der Waals surface area contributed by atoms with Crippen LogP contribution < -0.4 is 10.6 Å². The first-order valence-electron chi connectivity index (χ1n) is 5.28. The van der Waals surface area contributed by atoms with Gasteiger partial charge in [0.1, 0.15) is 6.26 Å². The molecule has 1 fully saturated rings. The Balaban J connectivity index is 1.73. The minimum atomic E-state index is 0.627. The highest BCUT2D eigenvalue weighted by molar-refractivity contribution is 4.94. The van der Waals surface area contributed by atoms with Crippen molar-refractivity contribution in [2.45, 2.75) is 31.8 Å². The van der Waals surface area contributed by atoms with E-state index in [2.05, 4.69) is 15.8 Å². The van der Waals surface area contributed by atoms with Crippen LogP contribution in [0.4, 0.5) is 0 Å². The van der Waals surface area contributed by atoms with Crippen molar-refractivity contribution in [3.63, 3.8) is 0 Å². The molecule has 4 heteroatoms. The lowest BCUT2D eigenvalue weighted by Gasteiger charge is -2.14. The maximum Gasteiger partial charge on any atom is 0.124 e. The van der Waals surface area contributed by atoms with Crippen LogP contribution in [0.5, 0.6) is 0 Å². The second kappa shape index (κ2) is 5.12. The number of hydrogen-bond donors (Lipinski definition) is 2. The fourth-order valence-corrected chi connectivity index (χ4v) is 1.80. The van der Waals surface area contributed by atoms with Crippen molar-refractivity contribution in [3.8, 4) is 0 Å². The Morgan fingerprint density at radius 3 is 3.36 bits per heavy atom. The molecule has 1 saturated heterocycles. The van der Waals surface area contributed by atoms with Gasteiger partial charge in [0.25, 0.3) is 0 Å². The highest BCUT2D eigenvalue weighted by Gasteiger charge is 2.11. The third kappa shape index (κ3) is 2.82. The van der Waals surface area contributed by atoms with E-state index in [0.717, 1.165) is 25.3 Å². The maximum absolute atomic E-state index is 4.78. The van der Waals surface area contributed by atoms with Gasteiger partial charge in [-0.1, -0.05) is 5.16 Å². The lowest BCUT2D eigenvalue weighted by molar-refractivity contribution is 0.400. The van der Waals surface area contributed by atoms with Crippen molar-refractivity contribution < 1.29 is 4.52 Å². The molecule has 0 saturated carbocycles. The average molecular weight is 195 g/mol. The number of hydrogen-bond acceptors (Lipinski definition) is 4. The Morgan fingerprint density at radius 1 is 1.50 bits per heavy atom. The van der Waals surface area contributed by atoms with Gasteiger partial charge in [0.05, 0.1) is 5.69 Å². The molecule has 0 radical (unpaired) electrons. The number of nitrogens with zero attached hydrogens (tertiary/aromatic N) is 1. The van der Waals surface area contributed by atoms with Gasteiger partial charge >= 0.3 is 0 Å². The first-order chi connectivity index (χ1) is 6.95. The Labute approximate surface area is 84.0 Å². The molecule has 1 aliphatic heterocycles. The molecule has 0 spiro atoms. The lowest BCUT2D eigenvalue weighted by Crippen LogP contribution is -2.29. The van der Waals surface area contributed by atoms with Crippen LogP contribution in [0.1, 0.15) is 25.0 Å². The van der Waals surface area contributed by atoms with Crippen LogP contribution in [0.15, 0.2) is 16.9 Å². The minimum absolute atomic E-state index is 0.627. The summed E-state index contributed by atoms with van der Waals surface area (Å²) < 4.78 is 4.78. The summed E-state index contributed by atoms with van der Waals surface area (Å²) in [5, 5.41) is 10.8. The zero-order valence-corrected chi connectivity index (χ0v) is 8.33. The fraction of sp³-hybridized carbons (Fsp3) is 0.700. The summed E-state index contributed by atoms with van der Waals surface area (Å²) in [4.78, 5) is 0. The molecule has 1 unspecified atom stereocenters. The monoisotopic (exact) mass is 195 g/mol. The third-order valence-electron chi connectivity index (χ3n) is 2.64. The van der Waals surface area contributed by atoms with E-state index in [1.54, 1.807) is 6.26 Å². The van der Waals surface area contributed by atoms with E-state index in [4.69, 9.17) is 4.52 Å². The fourth-order valence-electron chi connectivity index (χ4n) is 1.80. The first kappa shape index (κ1) is 9.68. The molecule has 1 atom stereocenters. The van der Waals surface area contributed by atoms with Gasteiger partial charge in [-0.25, -0.2) is 0 Å². The van der Waals surface area contributed by atoms with Crippen molar-refractivity contribution in [3.05, 3.63) is 18.0 Å². The van der Waals surface area contributed by atoms with E-state index >= 15 is 0 Å². The molecular formula is C10H17N3O. The van der Waals surface area contributed by atoms with Crippen LogP contribution in [0.25, 0.3) is 0 Å². The zero-order chi connectivity index (χ0) is 9.64. The van der Waals surface area contributed by atoms with Crippen LogP contribution in [0.2, 0.25) is 0 Å². The summed E-state index contributed by atoms with van der Waals surface area (Å²) in [6.07, 6.45) is 5.34. The van der Waals surface area contributed by atoms with Crippen molar-refractivity contribution in [2.24, 2.45) is 0 Å². The van der Waals surface area contributed by atoms with Gasteiger partial charge in [-0.2, -0.15) is 0 Å². The van der Waals surface area contributed by atoms with Gasteiger partial charge in [0.15, 0.2) is 0 Å². The van der Waals surface area contributed by atoms with Gasteiger partial charge in [0, 0.05) is 18.7 Å². The Kier molecular flexibility index (Phi) is 3.54. The predicted octanol–water partition coefficient (Wildman–Crippen LogP) is 0.906. The summed E-state index contributed by atoms with van der Waals surface area (Å²) in [5.41, 5.74) is 0.988. The molecule has 78 valence electrons. The zero-order valence-electron chi connectivity index (χ0n) is 8.33. The van der Waals surface area contributed by atoms with Gasteiger partial charge in [0.2, 0.25) is 0 Å². The third-order valence-corrected chi connectivity index (χ3v) is 2.64. The highest BCUT2D eigenvalue weighted by Crippen LogP contribution is 2.05. The molecule has 0 amide bonds. The van der Waals surface area contributed by atoms with E-state index in [9.17, 15) is 0 Å². The van der Waals surface area contributed by atoms with E-state index in [1.807, 2.05) is 6.07 Å². The molecule has 2 N–H and O–H groups in total. The highest BCUT2D eigenvalue weighted by atomic mass is 16.5. The molecule has 4 nitrogen and oxygen atoms in total. The molecule has 2 rings (SSSR count). The Morgan fingerprint density at radius 2 is 2.50 bits per heavy atom. The molecule has 2 heterocycles. The predicted molar refractivity (Wildman–Crippen MR) is 53.9 cm³/mol. The summed E-state index contributed by atoms with van der Waals surface area (Å²) in [6.45, 7) is 3.10. The summed E-state index contributed by atoms with van der Waals surface area (Å²) in [6, 6.07) is 2.53. The van der Waals surface area contributed by atoms with Gasteiger partial charge in [-0.3, -0.25) is 0 Å². The van der Waals surface area contributed by atoms with E-state index in [-0.39, 0.29) is 0 Å². The smallest absolute Gasteiger partial charge is 0.124 e. The van der Waals surface area contributed by atoms with Gasteiger partial charge in [-0.15, -0.1) is 0 Å². The molecule has 0 aliphatic carbocycles. The number of aromatic nitrogens is 1. The van der Waals surface area contributed by atoms with E-state index in [1.165, 1.54) is 19.3 Å². The van der Waals surface area contributed by atoms with E-state index in [0.29, 0.717) is 6.04 Å². The van der Waals surface area contributed by atoms with Crippen LogP contribution in [0.3, 0.4) is 0 Å². The molecular weight excluding hydrogens is 178 g/mol. The maximum atomic E-state index is 4.78. The molecule has 0 bridgehead atoms. The van der Waals surface area contributed by atoms with Gasteiger partial charge in [-0.05, 0) is 32.4 Å². The van der Waals surface area contributed by atoms with Crippen LogP contribution in [0, 0.1) is 0 Å². The Bertz CT molecular complexity index is 240. The summed E-state index contributed by atoms with van der Waals surface area (Å²) >= 11 is 0. The van der Waals surface area contributed by atoms with Crippen LogP contribution in [-0.4, -0.2) is 24.3 Å². The first-order valence-corrected chi connectivity index (χ1v) is 5.28. The molecule has 1 aliphatic rings. The number of rotatable bonds is 3. The Hall–Kier alpha value is -0.870. The summed E-state index contributed by atoms with van der Waals surface area (Å²) in [7, 11) is 0. The van der Waals surface area contributed by atoms with Crippen molar-refractivity contribution in [1.82, 2.24) is 15.8 Å². The normalized spacial score (nSPS) is 23.3. The SMILES string of the molecule is c1cc(CNC2CCCNCC2)no1. The standard InChI is InChI=1S/C10H17N3O/c1-2-9(3-6-11-5-1)12-8-10-4-7-14-13-10/h4,7,9,11-12H,1-3,5-6,8H2. The molecule has 1 aromatic rings. The van der Waals surface area contributed by atoms with Gasteiger partial charge < -0.3 is 15.2 Å². The quantitative estimate of drug-likeness (QED) is 0.752. The number of nitrogens with one attached hydrogen (secondary N) is 2. The average Bonchev–Trinajstić information content (AvgIpc) is 2.58. The topological polar surface area (TPSA) is 50.1 Å². The second-order valence-corrected chi connectivity index (χ2v) is 3.75. The lowest BCUT2D eigenvalue weighted by atomic mass is 10.1. The molecule has 1 aromatic heterocycles. The van der Waals surface area contributed by atoms with Crippen molar-refractivity contribution in [2.75, 3.05) is 13.1 Å². The van der Waals surface area contributed by atoms with Crippen LogP contribution >= 0.6 is 0 Å². The molecule has 14 heavy (non-hydrogen) atoms. The largest absolute Gasteiger partial charge is 0.364 e.